The summed E-state index contributed by atoms with van der Waals surface area (Å²) < 4.78 is 12.8. The fourth-order valence-corrected chi connectivity index (χ4v) is 7.80. The normalized spacial score (nSPS) is 25.6. The molecule has 3 saturated heterocycles. The number of likely N-dealkylation sites (tertiary alicyclic amines) is 1. The van der Waals surface area contributed by atoms with Crippen molar-refractivity contribution in [1.29, 1.82) is 0 Å². The highest BCUT2D eigenvalue weighted by Gasteiger charge is 2.76. The van der Waals surface area contributed by atoms with E-state index in [1.165, 1.54) is 4.90 Å². The lowest BCUT2D eigenvalue weighted by Gasteiger charge is -2.40. The molecule has 3 amide bonds. The predicted octanol–water partition coefficient (Wildman–Crippen LogP) is 5.01. The van der Waals surface area contributed by atoms with E-state index in [1.807, 2.05) is 44.2 Å². The summed E-state index contributed by atoms with van der Waals surface area (Å²) in [6.07, 6.45) is 4.05. The van der Waals surface area contributed by atoms with Crippen LogP contribution in [-0.2, 0) is 28.7 Å². The Morgan fingerprint density at radius 2 is 1.88 bits per heavy atom. The maximum Gasteiger partial charge on any atom is 0.313 e. The van der Waals surface area contributed by atoms with Crippen LogP contribution in [0.5, 0.6) is 0 Å². The van der Waals surface area contributed by atoms with Crippen LogP contribution in [0.25, 0.3) is 0 Å². The quantitative estimate of drug-likeness (QED) is 0.187. The molecule has 0 aliphatic carbocycles. The smallest absolute Gasteiger partial charge is 0.313 e. The van der Waals surface area contributed by atoms with Crippen molar-refractivity contribution in [2.24, 2.45) is 17.8 Å². The maximum atomic E-state index is 14.8. The minimum absolute atomic E-state index is 0.0408. The number of fused-ring (bicyclic) bond motifs is 1. The van der Waals surface area contributed by atoms with Crippen LogP contribution in [0.2, 0.25) is 5.02 Å². The summed E-state index contributed by atoms with van der Waals surface area (Å²) in [6.45, 7) is 11.2. The first-order chi connectivity index (χ1) is 23.6. The largest absolute Gasteiger partial charge is 0.455 e. The third kappa shape index (κ3) is 7.04. The van der Waals surface area contributed by atoms with Crippen LogP contribution >= 0.6 is 11.6 Å². The van der Waals surface area contributed by atoms with Crippen LogP contribution in [0.1, 0.15) is 57.6 Å². The molecule has 8 atom stereocenters. The molecule has 262 valence electrons. The number of nitrogens with zero attached hydrogens (tertiary/aromatic N) is 2. The zero-order valence-corrected chi connectivity index (χ0v) is 28.9. The zero-order chi connectivity index (χ0) is 35.3. The average molecular weight is 692 g/mol. The highest BCUT2D eigenvalue weighted by molar-refractivity contribution is 6.30. The molecule has 2 bridgehead atoms. The first-order valence-electron chi connectivity index (χ1n) is 17.0. The summed E-state index contributed by atoms with van der Waals surface area (Å²) in [7, 11) is 0. The highest BCUT2D eigenvalue weighted by Crippen LogP contribution is 2.59. The molecule has 3 fully saturated rings. The van der Waals surface area contributed by atoms with Crippen LogP contribution in [-0.4, -0.2) is 77.2 Å². The van der Waals surface area contributed by atoms with Crippen molar-refractivity contribution in [3.8, 4) is 0 Å². The summed E-state index contributed by atoms with van der Waals surface area (Å²) >= 11 is 6.16. The van der Waals surface area contributed by atoms with Gasteiger partial charge in [0.1, 0.15) is 17.7 Å². The highest BCUT2D eigenvalue weighted by atomic mass is 35.5. The second-order valence-electron chi connectivity index (χ2n) is 13.1. The van der Waals surface area contributed by atoms with Gasteiger partial charge in [0.25, 0.3) is 5.91 Å². The van der Waals surface area contributed by atoms with E-state index in [9.17, 15) is 24.3 Å². The number of esters is 1. The van der Waals surface area contributed by atoms with Gasteiger partial charge in [-0.05, 0) is 55.0 Å². The molecule has 5 rings (SSSR count). The standard InChI is InChI=1S/C38H46ClN3O7/c1-5-8-14-31(44)40-22-30(25-12-10-9-11-13-25)48-37(47)32-29-19-20-38(49-29)33(32)35(45)42(28(23-43)24(4)7-3)34(38)36(46)41(21-6-2)27-17-15-26(39)16-18-27/h5-6,9-13,15-18,24,28-30,32-34,43H,1-2,7-8,14,19-23H2,3-4H3,(H,40,44)/t24-,28-,29+,30+,32-,33-,34+,38-/m0/s1. The molecule has 3 aliphatic rings. The molecule has 0 radical (unpaired) electrons. The number of benzene rings is 2. The Bertz CT molecular complexity index is 1540. The number of aliphatic hydroxyl groups excluding tert-OH is 1. The molecule has 2 N–H and O–H groups in total. The van der Waals surface area contributed by atoms with Gasteiger partial charge in [0.15, 0.2) is 0 Å². The first-order valence-corrected chi connectivity index (χ1v) is 17.4. The fraction of sp³-hybridized carbons (Fsp3) is 0.474. The average Bonchev–Trinajstić information content (AvgIpc) is 3.76. The van der Waals surface area contributed by atoms with E-state index in [1.54, 1.807) is 41.3 Å². The van der Waals surface area contributed by atoms with Gasteiger partial charge in [-0.1, -0.05) is 74.4 Å². The lowest BCUT2D eigenvalue weighted by atomic mass is 9.70. The van der Waals surface area contributed by atoms with Crippen molar-refractivity contribution in [3.05, 3.63) is 90.5 Å². The van der Waals surface area contributed by atoms with Gasteiger partial charge >= 0.3 is 5.97 Å². The van der Waals surface area contributed by atoms with E-state index in [0.717, 1.165) is 0 Å². The SMILES string of the molecule is C=CCCC(=O)NC[C@@H](OC(=O)[C@@H]1[C@H]2C(=O)N([C@@H](CO)[C@@H](C)CC)[C@H](C(=O)N(CC=C)c3ccc(Cl)cc3)[C@]23CC[C@H]1O3)c1ccccc1. The molecule has 1 spiro atoms. The van der Waals surface area contributed by atoms with Gasteiger partial charge in [-0.25, -0.2) is 0 Å². The second-order valence-corrected chi connectivity index (χ2v) is 13.6. The lowest BCUT2D eigenvalue weighted by molar-refractivity contribution is -0.161. The Balaban J connectivity index is 1.51. The van der Waals surface area contributed by atoms with Gasteiger partial charge in [0.2, 0.25) is 11.8 Å². The molecule has 2 aromatic rings. The molecule has 2 aromatic carbocycles. The van der Waals surface area contributed by atoms with E-state index < -0.39 is 53.6 Å². The second kappa shape index (κ2) is 15.7. The van der Waals surface area contributed by atoms with E-state index in [4.69, 9.17) is 21.1 Å². The summed E-state index contributed by atoms with van der Waals surface area (Å²) in [5.41, 5.74) is -0.0580. The minimum Gasteiger partial charge on any atom is -0.455 e. The van der Waals surface area contributed by atoms with Crippen molar-refractivity contribution < 1.29 is 33.8 Å². The molecule has 3 aliphatic heterocycles. The minimum atomic E-state index is -1.31. The van der Waals surface area contributed by atoms with E-state index in [0.29, 0.717) is 42.0 Å². The fourth-order valence-electron chi connectivity index (χ4n) is 7.67. The van der Waals surface area contributed by atoms with E-state index >= 15 is 0 Å². The van der Waals surface area contributed by atoms with Crippen molar-refractivity contribution in [1.82, 2.24) is 10.2 Å². The van der Waals surface area contributed by atoms with Gasteiger partial charge in [0, 0.05) is 23.7 Å². The number of ether oxygens (including phenoxy) is 2. The summed E-state index contributed by atoms with van der Waals surface area (Å²) in [4.78, 5) is 59.3. The van der Waals surface area contributed by atoms with Crippen molar-refractivity contribution >= 4 is 41.0 Å². The number of aliphatic hydroxyl groups is 1. The number of rotatable bonds is 16. The molecule has 0 unspecified atom stereocenters. The number of hydrogen-bond acceptors (Lipinski definition) is 7. The number of halogens is 1. The van der Waals surface area contributed by atoms with Gasteiger partial charge in [-0.15, -0.1) is 13.2 Å². The van der Waals surface area contributed by atoms with Crippen LogP contribution in [0.4, 0.5) is 5.69 Å². The Labute approximate surface area is 293 Å². The van der Waals surface area contributed by atoms with Gasteiger partial charge in [0.05, 0.1) is 37.1 Å². The zero-order valence-electron chi connectivity index (χ0n) is 28.1. The maximum absolute atomic E-state index is 14.8. The van der Waals surface area contributed by atoms with Gasteiger partial charge in [-0.3, -0.25) is 19.2 Å². The number of hydrogen-bond donors (Lipinski definition) is 2. The van der Waals surface area contributed by atoms with Crippen molar-refractivity contribution in [3.63, 3.8) is 0 Å². The molecule has 10 nitrogen and oxygen atoms in total. The number of anilines is 1. The lowest BCUT2D eigenvalue weighted by Crippen LogP contribution is -2.60. The third-order valence-corrected chi connectivity index (χ3v) is 10.5. The molecule has 49 heavy (non-hydrogen) atoms. The number of allylic oxidation sites excluding steroid dienone is 1. The van der Waals surface area contributed by atoms with Crippen molar-refractivity contribution in [2.45, 2.75) is 75.8 Å². The van der Waals surface area contributed by atoms with Crippen molar-refractivity contribution in [2.75, 3.05) is 24.6 Å². The topological polar surface area (TPSA) is 125 Å². The molecule has 3 heterocycles. The van der Waals surface area contributed by atoms with E-state index in [-0.39, 0.29) is 43.8 Å². The van der Waals surface area contributed by atoms with Gasteiger partial charge in [-0.2, -0.15) is 0 Å². The molecule has 0 aromatic heterocycles. The Morgan fingerprint density at radius 3 is 2.51 bits per heavy atom. The number of carbonyl (C=O) groups excluding carboxylic acids is 4. The summed E-state index contributed by atoms with van der Waals surface area (Å²) in [5, 5.41) is 14.0. The Kier molecular flexibility index (Phi) is 11.6. The first kappa shape index (κ1) is 36.3. The van der Waals surface area contributed by atoms with Crippen LogP contribution in [0, 0.1) is 17.8 Å². The molecule has 0 saturated carbocycles. The van der Waals surface area contributed by atoms with Crippen LogP contribution < -0.4 is 10.2 Å². The monoisotopic (exact) mass is 691 g/mol. The predicted molar refractivity (Wildman–Crippen MR) is 186 cm³/mol. The molecular formula is C38H46ClN3O7. The number of amides is 3. The van der Waals surface area contributed by atoms with Crippen LogP contribution in [0.15, 0.2) is 79.9 Å². The Morgan fingerprint density at radius 1 is 1.16 bits per heavy atom. The molecular weight excluding hydrogens is 646 g/mol. The number of carbonyl (C=O) groups is 4. The summed E-state index contributed by atoms with van der Waals surface area (Å²) in [5.74, 6) is -3.77. The summed E-state index contributed by atoms with van der Waals surface area (Å²) in [6, 6.07) is 14.1. The Hall–Kier alpha value is -3.99. The molecule has 11 heteroatoms. The van der Waals surface area contributed by atoms with Crippen LogP contribution in [0.3, 0.4) is 0 Å². The third-order valence-electron chi connectivity index (χ3n) is 10.3. The van der Waals surface area contributed by atoms with Gasteiger partial charge < -0.3 is 29.7 Å². The number of nitrogens with one attached hydrogen (secondary N) is 1. The van der Waals surface area contributed by atoms with E-state index in [2.05, 4.69) is 18.5 Å².